The first-order valence-corrected chi connectivity index (χ1v) is 21.8. The molecule has 4 nitrogen and oxygen atoms in total. The summed E-state index contributed by atoms with van der Waals surface area (Å²) in [5, 5.41) is 18.3. The Morgan fingerprint density at radius 1 is 0.776 bits per heavy atom. The summed E-state index contributed by atoms with van der Waals surface area (Å²) in [5.41, 5.74) is 2.60. The maximum atomic E-state index is 10.7. The van der Waals surface area contributed by atoms with Crippen molar-refractivity contribution in [1.82, 2.24) is 0 Å². The molecule has 8 atom stereocenters. The normalized spacial score (nSPS) is 31.2. The van der Waals surface area contributed by atoms with Crippen molar-refractivity contribution in [1.29, 1.82) is 0 Å². The summed E-state index contributed by atoms with van der Waals surface area (Å²) in [6.45, 7) is 14.8. The summed E-state index contributed by atoms with van der Waals surface area (Å²) in [6.07, 6.45) is 37.2. The Kier molecular flexibility index (Phi) is 19.3. The average Bonchev–Trinajstić information content (AvgIpc) is 3.44. The minimum Gasteiger partial charge on any atom is -0.393 e. The van der Waals surface area contributed by atoms with Gasteiger partial charge in [0.05, 0.1) is 6.10 Å². The molecule has 0 aliphatic heterocycles. The Labute approximate surface area is 304 Å². The highest BCUT2D eigenvalue weighted by atomic mass is 17.1. The van der Waals surface area contributed by atoms with Crippen molar-refractivity contribution in [2.45, 2.75) is 221 Å². The van der Waals surface area contributed by atoms with Crippen molar-refractivity contribution in [3.8, 4) is 0 Å². The second-order valence-electron chi connectivity index (χ2n) is 18.3. The first kappa shape index (κ1) is 42.5. The average molecular weight is 687 g/mol. The van der Waals surface area contributed by atoms with Gasteiger partial charge in [-0.15, -0.1) is 0 Å². The zero-order valence-electron chi connectivity index (χ0n) is 33.4. The van der Waals surface area contributed by atoms with E-state index in [0.717, 1.165) is 61.2 Å². The predicted molar refractivity (Wildman–Crippen MR) is 207 cm³/mol. The zero-order chi connectivity index (χ0) is 35.7. The summed E-state index contributed by atoms with van der Waals surface area (Å²) < 4.78 is 0. The van der Waals surface area contributed by atoms with Gasteiger partial charge in [-0.1, -0.05) is 162 Å². The molecule has 0 bridgehead atoms. The SMILES string of the molecule is CC(C)CCC[C@@H](C)[C@H]1CC[C@H]2[C@@H]3CC=C4CC(O)CC[C@]4(C)[C@H]3CC[C@]12C.CCCCCCCCCCCCCCCCCC(=O)OO. The van der Waals surface area contributed by atoms with E-state index >= 15 is 0 Å². The molecule has 3 fully saturated rings. The molecular formula is C45H82O4. The third-order valence-corrected chi connectivity index (χ3v) is 14.4. The molecule has 0 heterocycles. The van der Waals surface area contributed by atoms with Crippen LogP contribution < -0.4 is 0 Å². The van der Waals surface area contributed by atoms with E-state index < -0.39 is 5.97 Å². The number of carbonyl (C=O) groups excluding carboxylic acids is 1. The Bertz CT molecular complexity index is 942. The number of aliphatic hydroxyl groups excluding tert-OH is 1. The molecular weight excluding hydrogens is 604 g/mol. The summed E-state index contributed by atoms with van der Waals surface area (Å²) in [6, 6.07) is 0. The first-order chi connectivity index (χ1) is 23.6. The van der Waals surface area contributed by atoms with Crippen LogP contribution >= 0.6 is 0 Å². The van der Waals surface area contributed by atoms with Gasteiger partial charge < -0.3 is 9.99 Å². The Morgan fingerprint density at radius 2 is 1.37 bits per heavy atom. The fourth-order valence-corrected chi connectivity index (χ4v) is 11.4. The van der Waals surface area contributed by atoms with Gasteiger partial charge in [0.2, 0.25) is 0 Å². The van der Waals surface area contributed by atoms with Gasteiger partial charge in [-0.3, -0.25) is 0 Å². The van der Waals surface area contributed by atoms with Crippen LogP contribution in [0.2, 0.25) is 0 Å². The first-order valence-electron chi connectivity index (χ1n) is 21.8. The molecule has 49 heavy (non-hydrogen) atoms. The molecule has 4 aliphatic rings. The van der Waals surface area contributed by atoms with E-state index in [2.05, 4.69) is 52.5 Å². The van der Waals surface area contributed by atoms with Crippen LogP contribution in [0.4, 0.5) is 0 Å². The van der Waals surface area contributed by atoms with E-state index in [1.807, 2.05) is 0 Å². The van der Waals surface area contributed by atoms with E-state index in [0.29, 0.717) is 17.3 Å². The smallest absolute Gasteiger partial charge is 0.342 e. The summed E-state index contributed by atoms with van der Waals surface area (Å²) in [4.78, 5) is 14.3. The van der Waals surface area contributed by atoms with Crippen LogP contribution in [0, 0.1) is 46.3 Å². The number of allylic oxidation sites excluding steroid dienone is 1. The predicted octanol–water partition coefficient (Wildman–Crippen LogP) is 13.7. The fourth-order valence-electron chi connectivity index (χ4n) is 11.4. The molecule has 0 aromatic carbocycles. The second kappa shape index (κ2) is 22.3. The highest BCUT2D eigenvalue weighted by Gasteiger charge is 2.59. The third kappa shape index (κ3) is 12.9. The second-order valence-corrected chi connectivity index (χ2v) is 18.3. The van der Waals surface area contributed by atoms with Gasteiger partial charge in [0.15, 0.2) is 0 Å². The lowest BCUT2D eigenvalue weighted by atomic mass is 9.47. The van der Waals surface area contributed by atoms with Gasteiger partial charge in [0.1, 0.15) is 0 Å². The highest BCUT2D eigenvalue weighted by Crippen LogP contribution is 2.67. The van der Waals surface area contributed by atoms with Crippen LogP contribution in [0.5, 0.6) is 0 Å². The van der Waals surface area contributed by atoms with Gasteiger partial charge in [0.25, 0.3) is 0 Å². The quantitative estimate of drug-likeness (QED) is 0.0546. The van der Waals surface area contributed by atoms with Crippen LogP contribution in [-0.4, -0.2) is 22.4 Å². The summed E-state index contributed by atoms with van der Waals surface area (Å²) in [5.74, 6) is 4.95. The molecule has 0 aromatic heterocycles. The number of carbonyl (C=O) groups is 1. The fraction of sp³-hybridized carbons (Fsp3) is 0.933. The van der Waals surface area contributed by atoms with Crippen molar-refractivity contribution in [3.05, 3.63) is 11.6 Å². The maximum absolute atomic E-state index is 10.7. The minimum atomic E-state index is -0.510. The van der Waals surface area contributed by atoms with E-state index in [1.165, 1.54) is 141 Å². The third-order valence-electron chi connectivity index (χ3n) is 14.4. The summed E-state index contributed by atoms with van der Waals surface area (Å²) in [7, 11) is 0. The van der Waals surface area contributed by atoms with Crippen LogP contribution in [-0.2, 0) is 9.68 Å². The largest absolute Gasteiger partial charge is 0.393 e. The Balaban J connectivity index is 0.000000279. The monoisotopic (exact) mass is 687 g/mol. The molecule has 0 amide bonds. The Hall–Kier alpha value is -0.870. The lowest BCUT2D eigenvalue weighted by molar-refractivity contribution is -0.234. The van der Waals surface area contributed by atoms with Gasteiger partial charge in [-0.05, 0) is 104 Å². The number of unbranched alkanes of at least 4 members (excludes halogenated alkanes) is 14. The van der Waals surface area contributed by atoms with Crippen molar-refractivity contribution in [2.24, 2.45) is 46.3 Å². The van der Waals surface area contributed by atoms with Crippen LogP contribution in [0.15, 0.2) is 11.6 Å². The molecule has 3 saturated carbocycles. The lowest BCUT2D eigenvalue weighted by Gasteiger charge is -2.58. The summed E-state index contributed by atoms with van der Waals surface area (Å²) >= 11 is 0. The van der Waals surface area contributed by atoms with E-state index in [4.69, 9.17) is 5.26 Å². The van der Waals surface area contributed by atoms with Crippen molar-refractivity contribution >= 4 is 5.97 Å². The number of fused-ring (bicyclic) bond motifs is 5. The molecule has 286 valence electrons. The topological polar surface area (TPSA) is 66.8 Å². The van der Waals surface area contributed by atoms with Gasteiger partial charge in [0, 0.05) is 6.42 Å². The van der Waals surface area contributed by atoms with Gasteiger partial charge in [-0.25, -0.2) is 4.79 Å². The van der Waals surface area contributed by atoms with Crippen molar-refractivity contribution < 1.29 is 20.0 Å². The number of hydrogen-bond donors (Lipinski definition) is 2. The van der Waals surface area contributed by atoms with Crippen LogP contribution in [0.25, 0.3) is 0 Å². The van der Waals surface area contributed by atoms with Crippen LogP contribution in [0.1, 0.15) is 215 Å². The molecule has 4 aliphatic carbocycles. The van der Waals surface area contributed by atoms with Gasteiger partial charge >= 0.3 is 5.97 Å². The zero-order valence-corrected chi connectivity index (χ0v) is 33.4. The molecule has 4 heteroatoms. The molecule has 1 unspecified atom stereocenters. The van der Waals surface area contributed by atoms with Crippen molar-refractivity contribution in [3.63, 3.8) is 0 Å². The standard InChI is InChI=1S/C27H46O.C18H36O3/c1-18(2)7-6-8-19(3)23-11-12-24-22-10-9-20-17-21(28)13-15-26(20,4)25(22)14-16-27(23,24)5;1-2-3-4-5-6-7-8-9-10-11-12-13-14-15-16-17-18(19)21-20/h9,18-19,21-25,28H,6-8,10-17H2,1-5H3;20H,2-17H2,1H3/t19-,21?,22+,23-,24+,25+,26+,27-;/m1./s1. The molecule has 0 radical (unpaired) electrons. The van der Waals surface area contributed by atoms with E-state index in [9.17, 15) is 9.90 Å². The number of aliphatic hydroxyl groups is 1. The minimum absolute atomic E-state index is 0.0766. The Morgan fingerprint density at radius 3 is 1.94 bits per heavy atom. The molecule has 4 rings (SSSR count). The number of rotatable bonds is 21. The van der Waals surface area contributed by atoms with Gasteiger partial charge in [-0.2, -0.15) is 5.26 Å². The lowest BCUT2D eigenvalue weighted by Crippen LogP contribution is -2.50. The van der Waals surface area contributed by atoms with E-state index in [1.54, 1.807) is 5.57 Å². The molecule has 2 N–H and O–H groups in total. The molecule has 0 saturated heterocycles. The molecule has 0 spiro atoms. The van der Waals surface area contributed by atoms with Crippen LogP contribution in [0.3, 0.4) is 0 Å². The molecule has 0 aromatic rings. The maximum Gasteiger partial charge on any atom is 0.342 e. The number of hydrogen-bond acceptors (Lipinski definition) is 4. The van der Waals surface area contributed by atoms with Crippen molar-refractivity contribution in [2.75, 3.05) is 0 Å². The highest BCUT2D eigenvalue weighted by molar-refractivity contribution is 5.68. The van der Waals surface area contributed by atoms with E-state index in [-0.39, 0.29) is 6.10 Å².